The van der Waals surface area contributed by atoms with Crippen LogP contribution in [0.3, 0.4) is 0 Å². The summed E-state index contributed by atoms with van der Waals surface area (Å²) >= 11 is 1.44. The Morgan fingerprint density at radius 2 is 2.04 bits per heavy atom. The first-order chi connectivity index (χ1) is 12.8. The molecule has 1 unspecified atom stereocenters. The third kappa shape index (κ3) is 5.37. The van der Waals surface area contributed by atoms with Crippen molar-refractivity contribution in [3.05, 3.63) is 51.5 Å². The molecule has 1 saturated heterocycles. The fourth-order valence-corrected chi connectivity index (χ4v) is 4.91. The number of hydrogen-bond acceptors (Lipinski definition) is 5. The molecule has 27 heavy (non-hydrogen) atoms. The van der Waals surface area contributed by atoms with Gasteiger partial charge in [-0.1, -0.05) is 30.3 Å². The van der Waals surface area contributed by atoms with E-state index in [2.05, 4.69) is 21.8 Å². The summed E-state index contributed by atoms with van der Waals surface area (Å²) in [6, 6.07) is 9.96. The van der Waals surface area contributed by atoms with E-state index in [1.807, 2.05) is 30.0 Å². The number of carbonyl (C=O) groups is 1. The number of carbonyl (C=O) groups excluding carboxylic acids is 1. The minimum absolute atomic E-state index is 0.0377. The number of amides is 1. The van der Waals surface area contributed by atoms with Gasteiger partial charge in [0.2, 0.25) is 10.0 Å². The van der Waals surface area contributed by atoms with Crippen molar-refractivity contribution in [2.45, 2.75) is 38.6 Å². The van der Waals surface area contributed by atoms with Crippen molar-refractivity contribution in [3.8, 4) is 0 Å². The maximum atomic E-state index is 13.1. The van der Waals surface area contributed by atoms with E-state index in [-0.39, 0.29) is 18.5 Å². The van der Waals surface area contributed by atoms with E-state index >= 15 is 0 Å². The molecule has 1 fully saturated rings. The number of hydrogen-bond donors (Lipinski definition) is 1. The lowest BCUT2D eigenvalue weighted by Gasteiger charge is -2.35. The first kappa shape index (κ1) is 20.0. The molecular formula is C19H25N3O3S2. The highest BCUT2D eigenvalue weighted by molar-refractivity contribution is 7.88. The lowest BCUT2D eigenvalue weighted by molar-refractivity contribution is 0.0623. The normalized spacial score (nSPS) is 17.9. The molecule has 0 saturated carbocycles. The van der Waals surface area contributed by atoms with Gasteiger partial charge in [0, 0.05) is 25.6 Å². The molecule has 1 atom stereocenters. The van der Waals surface area contributed by atoms with Crippen LogP contribution in [-0.4, -0.2) is 49.6 Å². The molecule has 0 bridgehead atoms. The molecule has 1 amide bonds. The summed E-state index contributed by atoms with van der Waals surface area (Å²) < 4.78 is 25.4. The number of nitrogens with one attached hydrogen (secondary N) is 1. The molecule has 6 nitrogen and oxygen atoms in total. The van der Waals surface area contributed by atoms with Crippen LogP contribution in [0.2, 0.25) is 0 Å². The Balaban J connectivity index is 1.75. The van der Waals surface area contributed by atoms with Gasteiger partial charge >= 0.3 is 0 Å². The van der Waals surface area contributed by atoms with Crippen molar-refractivity contribution in [2.24, 2.45) is 0 Å². The van der Waals surface area contributed by atoms with E-state index in [9.17, 15) is 13.2 Å². The Kier molecular flexibility index (Phi) is 6.29. The highest BCUT2D eigenvalue weighted by Gasteiger charge is 2.30. The summed E-state index contributed by atoms with van der Waals surface area (Å²) in [5, 5.41) is 0.921. The van der Waals surface area contributed by atoms with Crippen molar-refractivity contribution < 1.29 is 13.2 Å². The fraction of sp³-hybridized carbons (Fsp3) is 0.474. The van der Waals surface area contributed by atoms with Crippen LogP contribution >= 0.6 is 11.3 Å². The maximum absolute atomic E-state index is 13.1. The van der Waals surface area contributed by atoms with Crippen LogP contribution < -0.4 is 4.72 Å². The van der Waals surface area contributed by atoms with E-state index in [0.29, 0.717) is 17.8 Å². The Morgan fingerprint density at radius 3 is 2.74 bits per heavy atom. The number of sulfonamides is 1. The highest BCUT2D eigenvalue weighted by Crippen LogP contribution is 2.26. The third-order valence-corrected chi connectivity index (χ3v) is 6.54. The van der Waals surface area contributed by atoms with Crippen LogP contribution in [0, 0.1) is 6.92 Å². The summed E-state index contributed by atoms with van der Waals surface area (Å²) in [4.78, 5) is 20.2. The minimum Gasteiger partial charge on any atom is -0.334 e. The Morgan fingerprint density at radius 1 is 1.30 bits per heavy atom. The zero-order chi connectivity index (χ0) is 19.4. The number of aryl methyl sites for hydroxylation is 1. The van der Waals surface area contributed by atoms with E-state index in [1.165, 1.54) is 16.9 Å². The predicted molar refractivity (Wildman–Crippen MR) is 108 cm³/mol. The average Bonchev–Trinajstić information content (AvgIpc) is 3.00. The Labute approximate surface area is 164 Å². The molecule has 1 aromatic carbocycles. The predicted octanol–water partition coefficient (Wildman–Crippen LogP) is 2.59. The quantitative estimate of drug-likeness (QED) is 0.798. The second-order valence-corrected chi connectivity index (χ2v) is 9.87. The van der Waals surface area contributed by atoms with Gasteiger partial charge in [-0.15, -0.1) is 11.3 Å². The second-order valence-electron chi connectivity index (χ2n) is 6.95. The molecule has 1 aliphatic rings. The first-order valence-electron chi connectivity index (χ1n) is 9.09. The zero-order valence-electron chi connectivity index (χ0n) is 15.6. The van der Waals surface area contributed by atoms with Gasteiger partial charge in [-0.3, -0.25) is 4.79 Å². The average molecular weight is 408 g/mol. The molecule has 1 N–H and O–H groups in total. The van der Waals surface area contributed by atoms with E-state index in [4.69, 9.17) is 0 Å². The lowest BCUT2D eigenvalue weighted by Crippen LogP contribution is -2.49. The van der Waals surface area contributed by atoms with Gasteiger partial charge in [-0.25, -0.2) is 18.1 Å². The first-order valence-corrected chi connectivity index (χ1v) is 11.8. The minimum atomic E-state index is -3.27. The standard InChI is InChI=1S/C19H25N3O3S2/c1-14-18(26-17(21-14)12-15-8-4-3-5-9-15)19(23)22-11-7-6-10-16(22)13-20-27(2,24)25/h3-5,8-9,16,20H,6-7,10-13H2,1-2H3. The second kappa shape index (κ2) is 8.50. The van der Waals surface area contributed by atoms with Crippen molar-refractivity contribution in [3.63, 3.8) is 0 Å². The largest absolute Gasteiger partial charge is 0.334 e. The topological polar surface area (TPSA) is 79.4 Å². The number of likely N-dealkylation sites (tertiary alicyclic amines) is 1. The SMILES string of the molecule is Cc1nc(Cc2ccccc2)sc1C(=O)N1CCCCC1CNS(C)(=O)=O. The Hall–Kier alpha value is -1.77. The molecule has 3 rings (SSSR count). The van der Waals surface area contributed by atoms with Gasteiger partial charge in [-0.05, 0) is 31.7 Å². The maximum Gasteiger partial charge on any atom is 0.266 e. The van der Waals surface area contributed by atoms with E-state index in [0.717, 1.165) is 36.2 Å². The number of piperidine rings is 1. The number of aromatic nitrogens is 1. The molecule has 1 aliphatic heterocycles. The molecule has 2 heterocycles. The smallest absolute Gasteiger partial charge is 0.266 e. The lowest BCUT2D eigenvalue weighted by atomic mass is 10.0. The number of nitrogens with zero attached hydrogens (tertiary/aromatic N) is 2. The van der Waals surface area contributed by atoms with Gasteiger partial charge in [0.15, 0.2) is 0 Å². The van der Waals surface area contributed by atoms with Gasteiger partial charge in [-0.2, -0.15) is 0 Å². The van der Waals surface area contributed by atoms with Crippen LogP contribution in [-0.2, 0) is 16.4 Å². The van der Waals surface area contributed by atoms with Crippen molar-refractivity contribution >= 4 is 27.3 Å². The molecule has 1 aromatic heterocycles. The van der Waals surface area contributed by atoms with Gasteiger partial charge < -0.3 is 4.90 Å². The monoisotopic (exact) mass is 407 g/mol. The molecule has 0 radical (unpaired) electrons. The fourth-order valence-electron chi connectivity index (χ4n) is 3.35. The zero-order valence-corrected chi connectivity index (χ0v) is 17.3. The molecule has 8 heteroatoms. The van der Waals surface area contributed by atoms with Crippen LogP contribution in [0.25, 0.3) is 0 Å². The molecule has 146 valence electrons. The summed E-state index contributed by atoms with van der Waals surface area (Å²) in [7, 11) is -3.27. The van der Waals surface area contributed by atoms with Crippen LogP contribution in [0.1, 0.15) is 45.2 Å². The summed E-state index contributed by atoms with van der Waals surface area (Å²) in [5.41, 5.74) is 1.91. The van der Waals surface area contributed by atoms with Crippen LogP contribution in [0.4, 0.5) is 0 Å². The van der Waals surface area contributed by atoms with Gasteiger partial charge in [0.05, 0.1) is 17.0 Å². The van der Waals surface area contributed by atoms with Gasteiger partial charge in [0.25, 0.3) is 5.91 Å². The van der Waals surface area contributed by atoms with E-state index < -0.39 is 10.0 Å². The van der Waals surface area contributed by atoms with Crippen molar-refractivity contribution in [2.75, 3.05) is 19.3 Å². The molecule has 2 aromatic rings. The highest BCUT2D eigenvalue weighted by atomic mass is 32.2. The summed E-state index contributed by atoms with van der Waals surface area (Å²) in [6.45, 7) is 2.78. The van der Waals surface area contributed by atoms with Crippen molar-refractivity contribution in [1.29, 1.82) is 0 Å². The molecule has 0 aliphatic carbocycles. The summed E-state index contributed by atoms with van der Waals surface area (Å²) in [6.07, 6.45) is 4.60. The van der Waals surface area contributed by atoms with Crippen molar-refractivity contribution in [1.82, 2.24) is 14.6 Å². The Bertz CT molecular complexity index is 894. The number of thiazole rings is 1. The summed E-state index contributed by atoms with van der Waals surface area (Å²) in [5.74, 6) is -0.0377. The molecular weight excluding hydrogens is 382 g/mol. The van der Waals surface area contributed by atoms with Crippen LogP contribution in [0.5, 0.6) is 0 Å². The molecule has 0 spiro atoms. The number of rotatable bonds is 6. The third-order valence-electron chi connectivity index (χ3n) is 4.70. The number of benzene rings is 1. The van der Waals surface area contributed by atoms with E-state index in [1.54, 1.807) is 0 Å². The van der Waals surface area contributed by atoms with Crippen LogP contribution in [0.15, 0.2) is 30.3 Å². The van der Waals surface area contributed by atoms with Gasteiger partial charge in [0.1, 0.15) is 4.88 Å².